The van der Waals surface area contributed by atoms with E-state index in [4.69, 9.17) is 4.74 Å². The molecule has 0 saturated carbocycles. The third kappa shape index (κ3) is 5.08. The van der Waals surface area contributed by atoms with Crippen molar-refractivity contribution in [1.82, 2.24) is 20.0 Å². The van der Waals surface area contributed by atoms with Gasteiger partial charge in [0.05, 0.1) is 12.8 Å². The topological polar surface area (TPSA) is 42.3 Å². The lowest BCUT2D eigenvalue weighted by Crippen LogP contribution is -2.22. The van der Waals surface area contributed by atoms with Gasteiger partial charge in [0.25, 0.3) is 0 Å². The fourth-order valence-electron chi connectivity index (χ4n) is 2.65. The van der Waals surface area contributed by atoms with Gasteiger partial charge in [-0.15, -0.1) is 0 Å². The third-order valence-electron chi connectivity index (χ3n) is 4.04. The summed E-state index contributed by atoms with van der Waals surface area (Å²) in [6.45, 7) is 8.99. The first-order chi connectivity index (χ1) is 11.2. The van der Waals surface area contributed by atoms with E-state index in [1.165, 1.54) is 11.1 Å². The average molecular weight is 316 g/mol. The van der Waals surface area contributed by atoms with Crippen LogP contribution in [0.3, 0.4) is 0 Å². The minimum atomic E-state index is 0.776. The molecule has 0 atom stereocenters. The zero-order valence-corrected chi connectivity index (χ0v) is 14.7. The van der Waals surface area contributed by atoms with Crippen molar-refractivity contribution >= 4 is 0 Å². The molecule has 0 amide bonds. The third-order valence-corrected chi connectivity index (χ3v) is 4.04. The second kappa shape index (κ2) is 8.70. The predicted octanol–water partition coefficient (Wildman–Crippen LogP) is 2.56. The van der Waals surface area contributed by atoms with Crippen LogP contribution < -0.4 is 10.1 Å². The summed E-state index contributed by atoms with van der Waals surface area (Å²) in [6.07, 6.45) is 1.96. The van der Waals surface area contributed by atoms with Crippen LogP contribution in [0.15, 0.2) is 30.5 Å². The second-order valence-corrected chi connectivity index (χ2v) is 5.69. The summed E-state index contributed by atoms with van der Waals surface area (Å²) in [6, 6.07) is 8.46. The van der Waals surface area contributed by atoms with Crippen LogP contribution in [0.4, 0.5) is 0 Å². The van der Waals surface area contributed by atoms with Gasteiger partial charge < -0.3 is 10.1 Å². The highest BCUT2D eigenvalue weighted by Gasteiger charge is 2.08. The molecule has 1 aromatic carbocycles. The van der Waals surface area contributed by atoms with E-state index < -0.39 is 0 Å². The predicted molar refractivity (Wildman–Crippen MR) is 93.4 cm³/mol. The molecular formula is C18H28N4O. The molecule has 1 aromatic heterocycles. The van der Waals surface area contributed by atoms with Crippen LogP contribution in [0.5, 0.6) is 5.75 Å². The maximum atomic E-state index is 5.51. The SMILES string of the molecule is CCN(CC)Cc1cc(CNCc2ccn(C)n2)ccc1OC. The molecule has 0 aliphatic carbocycles. The smallest absolute Gasteiger partial charge is 0.123 e. The van der Waals surface area contributed by atoms with E-state index in [1.54, 1.807) is 7.11 Å². The van der Waals surface area contributed by atoms with Gasteiger partial charge in [0.15, 0.2) is 0 Å². The van der Waals surface area contributed by atoms with E-state index in [2.05, 4.69) is 47.4 Å². The highest BCUT2D eigenvalue weighted by atomic mass is 16.5. The molecule has 0 radical (unpaired) electrons. The highest BCUT2D eigenvalue weighted by molar-refractivity contribution is 5.37. The standard InChI is InChI=1S/C18H28N4O/c1-5-22(6-2)14-16-11-15(7-8-18(16)23-4)12-19-13-17-9-10-21(3)20-17/h7-11,19H,5-6,12-14H2,1-4H3. The summed E-state index contributed by atoms with van der Waals surface area (Å²) in [7, 11) is 3.67. The lowest BCUT2D eigenvalue weighted by molar-refractivity contribution is 0.289. The number of ether oxygens (including phenoxy) is 1. The number of methoxy groups -OCH3 is 1. The van der Waals surface area contributed by atoms with Gasteiger partial charge in [-0.2, -0.15) is 5.10 Å². The monoisotopic (exact) mass is 316 g/mol. The quantitative estimate of drug-likeness (QED) is 0.772. The Hall–Kier alpha value is -1.85. The Balaban J connectivity index is 1.98. The van der Waals surface area contributed by atoms with Gasteiger partial charge in [-0.25, -0.2) is 0 Å². The van der Waals surface area contributed by atoms with Gasteiger partial charge in [0, 0.05) is 38.4 Å². The summed E-state index contributed by atoms with van der Waals surface area (Å²) in [4.78, 5) is 2.39. The van der Waals surface area contributed by atoms with Crippen LogP contribution in [0, 0.1) is 0 Å². The highest BCUT2D eigenvalue weighted by Crippen LogP contribution is 2.21. The Kier molecular flexibility index (Phi) is 6.62. The molecule has 0 unspecified atom stereocenters. The summed E-state index contributed by atoms with van der Waals surface area (Å²) in [5.74, 6) is 0.963. The molecule has 0 aliphatic rings. The van der Waals surface area contributed by atoms with E-state index >= 15 is 0 Å². The maximum Gasteiger partial charge on any atom is 0.123 e. The van der Waals surface area contributed by atoms with E-state index in [0.717, 1.165) is 44.2 Å². The number of hydrogen-bond donors (Lipinski definition) is 1. The molecule has 0 fully saturated rings. The maximum absolute atomic E-state index is 5.51. The van der Waals surface area contributed by atoms with Crippen molar-refractivity contribution in [1.29, 1.82) is 0 Å². The van der Waals surface area contributed by atoms with Gasteiger partial charge in [0.1, 0.15) is 5.75 Å². The molecule has 0 saturated heterocycles. The number of hydrogen-bond acceptors (Lipinski definition) is 4. The van der Waals surface area contributed by atoms with E-state index in [1.807, 2.05) is 24.0 Å². The fourth-order valence-corrected chi connectivity index (χ4v) is 2.65. The second-order valence-electron chi connectivity index (χ2n) is 5.69. The fraction of sp³-hybridized carbons (Fsp3) is 0.500. The van der Waals surface area contributed by atoms with Crippen LogP contribution in [0.25, 0.3) is 0 Å². The van der Waals surface area contributed by atoms with Crippen molar-refractivity contribution < 1.29 is 4.74 Å². The normalized spacial score (nSPS) is 11.2. The molecule has 0 bridgehead atoms. The first-order valence-corrected chi connectivity index (χ1v) is 8.23. The number of aryl methyl sites for hydroxylation is 1. The van der Waals surface area contributed by atoms with E-state index in [0.29, 0.717) is 0 Å². The molecule has 5 nitrogen and oxygen atoms in total. The molecule has 2 rings (SSSR count). The Morgan fingerprint density at radius 2 is 1.96 bits per heavy atom. The van der Waals surface area contributed by atoms with Gasteiger partial charge in [-0.1, -0.05) is 19.9 Å². The van der Waals surface area contributed by atoms with Crippen LogP contribution in [-0.4, -0.2) is 34.9 Å². The zero-order chi connectivity index (χ0) is 16.7. The molecule has 126 valence electrons. The van der Waals surface area contributed by atoms with Crippen molar-refractivity contribution in [2.24, 2.45) is 7.05 Å². The molecule has 0 aliphatic heterocycles. The van der Waals surface area contributed by atoms with E-state index in [9.17, 15) is 0 Å². The van der Waals surface area contributed by atoms with Crippen molar-refractivity contribution in [3.8, 4) is 5.75 Å². The molecule has 0 spiro atoms. The largest absolute Gasteiger partial charge is 0.496 e. The van der Waals surface area contributed by atoms with Crippen LogP contribution >= 0.6 is 0 Å². The van der Waals surface area contributed by atoms with Crippen molar-refractivity contribution in [3.05, 3.63) is 47.3 Å². The summed E-state index contributed by atoms with van der Waals surface area (Å²) < 4.78 is 7.33. The number of aromatic nitrogens is 2. The number of nitrogens with zero attached hydrogens (tertiary/aromatic N) is 3. The van der Waals surface area contributed by atoms with E-state index in [-0.39, 0.29) is 0 Å². The average Bonchev–Trinajstić information content (AvgIpc) is 2.98. The number of rotatable bonds is 9. The minimum absolute atomic E-state index is 0.776. The van der Waals surface area contributed by atoms with Gasteiger partial charge in [-0.3, -0.25) is 9.58 Å². The Morgan fingerprint density at radius 3 is 2.57 bits per heavy atom. The molecular weight excluding hydrogens is 288 g/mol. The molecule has 1 heterocycles. The van der Waals surface area contributed by atoms with Crippen LogP contribution in [0.2, 0.25) is 0 Å². The molecule has 23 heavy (non-hydrogen) atoms. The van der Waals surface area contributed by atoms with Gasteiger partial charge in [0.2, 0.25) is 0 Å². The summed E-state index contributed by atoms with van der Waals surface area (Å²) >= 11 is 0. The Labute approximate surface area is 139 Å². The first-order valence-electron chi connectivity index (χ1n) is 8.23. The molecule has 5 heteroatoms. The van der Waals surface area contributed by atoms with Crippen LogP contribution in [-0.2, 0) is 26.7 Å². The van der Waals surface area contributed by atoms with Gasteiger partial charge >= 0.3 is 0 Å². The number of nitrogens with one attached hydrogen (secondary N) is 1. The molecule has 1 N–H and O–H groups in total. The van der Waals surface area contributed by atoms with Gasteiger partial charge in [-0.05, 0) is 36.9 Å². The van der Waals surface area contributed by atoms with Crippen molar-refractivity contribution in [3.63, 3.8) is 0 Å². The first kappa shape index (κ1) is 17.5. The Bertz CT molecular complexity index is 605. The number of benzene rings is 1. The Morgan fingerprint density at radius 1 is 1.17 bits per heavy atom. The van der Waals surface area contributed by atoms with Crippen molar-refractivity contribution in [2.45, 2.75) is 33.5 Å². The lowest BCUT2D eigenvalue weighted by Gasteiger charge is -2.20. The lowest BCUT2D eigenvalue weighted by atomic mass is 10.1. The molecule has 2 aromatic rings. The van der Waals surface area contributed by atoms with Crippen molar-refractivity contribution in [2.75, 3.05) is 20.2 Å². The minimum Gasteiger partial charge on any atom is -0.496 e. The van der Waals surface area contributed by atoms with Crippen LogP contribution in [0.1, 0.15) is 30.7 Å². The summed E-state index contributed by atoms with van der Waals surface area (Å²) in [5, 5.41) is 7.82. The summed E-state index contributed by atoms with van der Waals surface area (Å²) in [5.41, 5.74) is 3.57. The zero-order valence-electron chi connectivity index (χ0n) is 14.7.